The number of nitrogens with one attached hydrogen (secondary N) is 2. The third-order valence-corrected chi connectivity index (χ3v) is 3.63. The summed E-state index contributed by atoms with van der Waals surface area (Å²) in [5.41, 5.74) is 2.40. The fourth-order valence-electron chi connectivity index (χ4n) is 2.10. The maximum atomic E-state index is 12.3. The van der Waals surface area contributed by atoms with Crippen molar-refractivity contribution in [2.24, 2.45) is 0 Å². The monoisotopic (exact) mass is 382 g/mol. The van der Waals surface area contributed by atoms with Gasteiger partial charge in [-0.15, -0.1) is 0 Å². The van der Waals surface area contributed by atoms with E-state index in [-0.39, 0.29) is 6.54 Å². The number of aliphatic carboxylic acids is 1. The zero-order valence-electron chi connectivity index (χ0n) is 12.5. The van der Waals surface area contributed by atoms with Gasteiger partial charge in [0.05, 0.1) is 16.7 Å². The van der Waals surface area contributed by atoms with Gasteiger partial charge in [-0.2, -0.15) is 0 Å². The van der Waals surface area contributed by atoms with Crippen LogP contribution < -0.4 is 10.6 Å². The molecule has 3 N–H and O–H groups in total. The summed E-state index contributed by atoms with van der Waals surface area (Å²) in [6, 6.07) is 1.89. The number of aromatic nitrogens is 2. The van der Waals surface area contributed by atoms with E-state index in [4.69, 9.17) is 5.11 Å². The summed E-state index contributed by atoms with van der Waals surface area (Å²) in [5.74, 6) is -2.19. The molecule has 2 amide bonds. The van der Waals surface area contributed by atoms with Gasteiger partial charge in [0.25, 0.3) is 5.91 Å². The normalized spacial score (nSPS) is 10.6. The number of amides is 2. The van der Waals surface area contributed by atoms with Crippen molar-refractivity contribution in [3.63, 3.8) is 0 Å². The maximum Gasteiger partial charge on any atom is 0.322 e. The molecule has 2 aromatic heterocycles. The van der Waals surface area contributed by atoms with Crippen LogP contribution in [0.25, 0.3) is 5.65 Å². The Bertz CT molecular complexity index is 800. The Morgan fingerprint density at radius 2 is 1.96 bits per heavy atom. The van der Waals surface area contributed by atoms with Crippen LogP contribution in [-0.2, 0) is 9.59 Å². The van der Waals surface area contributed by atoms with Crippen LogP contribution in [0.15, 0.2) is 16.7 Å². The zero-order valence-corrected chi connectivity index (χ0v) is 14.1. The third-order valence-electron chi connectivity index (χ3n) is 3.05. The topological polar surface area (TPSA) is 113 Å². The van der Waals surface area contributed by atoms with Gasteiger partial charge in [-0.1, -0.05) is 0 Å². The highest BCUT2D eigenvalue weighted by atomic mass is 79.9. The number of nitrogens with zero attached hydrogens (tertiary/aromatic N) is 2. The van der Waals surface area contributed by atoms with E-state index in [1.807, 2.05) is 13.0 Å². The zero-order chi connectivity index (χ0) is 17.1. The standard InChI is InChI=1S/C14H15BrN4O4/c1-7-3-9(15)13-18-8(2)12(19(13)6-7)14(23)17-4-10(20)16-5-11(21)22/h3,6H,4-5H2,1-2H3,(H,16,20)(H,17,23)(H,21,22). The lowest BCUT2D eigenvalue weighted by atomic mass is 10.3. The van der Waals surface area contributed by atoms with E-state index >= 15 is 0 Å². The van der Waals surface area contributed by atoms with Crippen LogP contribution in [0.5, 0.6) is 0 Å². The molecule has 0 radical (unpaired) electrons. The van der Waals surface area contributed by atoms with Crippen molar-refractivity contribution in [3.05, 3.63) is 33.7 Å². The van der Waals surface area contributed by atoms with E-state index in [2.05, 4.69) is 31.5 Å². The Labute approximate surface area is 140 Å². The van der Waals surface area contributed by atoms with Crippen LogP contribution in [-0.4, -0.2) is 45.4 Å². The summed E-state index contributed by atoms with van der Waals surface area (Å²) >= 11 is 3.41. The fourth-order valence-corrected chi connectivity index (χ4v) is 2.74. The average molecular weight is 383 g/mol. The van der Waals surface area contributed by atoms with Crippen LogP contribution in [0.4, 0.5) is 0 Å². The molecule has 0 saturated carbocycles. The number of fused-ring (bicyclic) bond motifs is 1. The molecule has 9 heteroatoms. The molecule has 2 aromatic rings. The molecule has 0 aliphatic carbocycles. The van der Waals surface area contributed by atoms with Crippen molar-refractivity contribution in [2.75, 3.05) is 13.1 Å². The van der Waals surface area contributed by atoms with Crippen molar-refractivity contribution < 1.29 is 19.5 Å². The highest BCUT2D eigenvalue weighted by Crippen LogP contribution is 2.22. The molecule has 0 bridgehead atoms. The molecule has 0 spiro atoms. The first-order valence-electron chi connectivity index (χ1n) is 6.71. The van der Waals surface area contributed by atoms with Crippen molar-refractivity contribution in [2.45, 2.75) is 13.8 Å². The minimum atomic E-state index is -1.15. The largest absolute Gasteiger partial charge is 0.480 e. The third kappa shape index (κ3) is 3.86. The van der Waals surface area contributed by atoms with Crippen molar-refractivity contribution in [1.82, 2.24) is 20.0 Å². The van der Waals surface area contributed by atoms with E-state index in [0.29, 0.717) is 17.0 Å². The summed E-state index contributed by atoms with van der Waals surface area (Å²) in [6.07, 6.45) is 1.78. The van der Waals surface area contributed by atoms with E-state index in [1.165, 1.54) is 0 Å². The number of hydrogen-bond donors (Lipinski definition) is 3. The van der Waals surface area contributed by atoms with Gasteiger partial charge in [0, 0.05) is 6.20 Å². The molecule has 0 aliphatic rings. The number of carbonyl (C=O) groups excluding carboxylic acids is 2. The molecule has 0 fully saturated rings. The molecule has 0 saturated heterocycles. The molecule has 8 nitrogen and oxygen atoms in total. The first-order chi connectivity index (χ1) is 10.8. The Hall–Kier alpha value is -2.42. The van der Waals surface area contributed by atoms with Gasteiger partial charge in [0.1, 0.15) is 12.2 Å². The van der Waals surface area contributed by atoms with Crippen LogP contribution in [0.2, 0.25) is 0 Å². The van der Waals surface area contributed by atoms with E-state index in [1.54, 1.807) is 17.5 Å². The lowest BCUT2D eigenvalue weighted by molar-refractivity contribution is -0.137. The lowest BCUT2D eigenvalue weighted by Gasteiger charge is -2.07. The number of imidazole rings is 1. The van der Waals surface area contributed by atoms with Gasteiger partial charge >= 0.3 is 5.97 Å². The number of pyridine rings is 1. The highest BCUT2D eigenvalue weighted by Gasteiger charge is 2.18. The first-order valence-corrected chi connectivity index (χ1v) is 7.50. The summed E-state index contributed by atoms with van der Waals surface area (Å²) in [7, 11) is 0. The maximum absolute atomic E-state index is 12.3. The second-order valence-electron chi connectivity index (χ2n) is 4.96. The van der Waals surface area contributed by atoms with Gasteiger partial charge in [-0.3, -0.25) is 18.8 Å². The predicted octanol–water partition coefficient (Wildman–Crippen LogP) is 0.644. The fraction of sp³-hybridized carbons (Fsp3) is 0.286. The Morgan fingerprint density at radius 3 is 2.61 bits per heavy atom. The predicted molar refractivity (Wildman–Crippen MR) is 85.3 cm³/mol. The van der Waals surface area contributed by atoms with Crippen molar-refractivity contribution in [1.29, 1.82) is 0 Å². The molecular weight excluding hydrogens is 368 g/mol. The van der Waals surface area contributed by atoms with Gasteiger partial charge in [-0.25, -0.2) is 4.98 Å². The molecule has 0 atom stereocenters. The van der Waals surface area contributed by atoms with Gasteiger partial charge in [-0.05, 0) is 41.4 Å². The second-order valence-corrected chi connectivity index (χ2v) is 5.81. The van der Waals surface area contributed by atoms with Gasteiger partial charge < -0.3 is 15.7 Å². The number of carboxylic acid groups (broad SMARTS) is 1. The number of carboxylic acids is 1. The number of aryl methyl sites for hydroxylation is 2. The molecule has 0 unspecified atom stereocenters. The summed E-state index contributed by atoms with van der Waals surface area (Å²) in [6.45, 7) is 2.79. The number of rotatable bonds is 5. The molecule has 0 aromatic carbocycles. The van der Waals surface area contributed by atoms with Gasteiger partial charge in [0.15, 0.2) is 5.65 Å². The Kier molecular flexibility index (Phi) is 4.99. The average Bonchev–Trinajstić information content (AvgIpc) is 2.79. The van der Waals surface area contributed by atoms with Gasteiger partial charge in [0.2, 0.25) is 5.91 Å². The van der Waals surface area contributed by atoms with Crippen molar-refractivity contribution in [3.8, 4) is 0 Å². The lowest BCUT2D eigenvalue weighted by Crippen LogP contribution is -2.39. The highest BCUT2D eigenvalue weighted by molar-refractivity contribution is 9.10. The van der Waals surface area contributed by atoms with Crippen molar-refractivity contribution >= 4 is 39.4 Å². The van der Waals surface area contributed by atoms with E-state index < -0.39 is 24.3 Å². The van der Waals surface area contributed by atoms with Crippen LogP contribution in [0.1, 0.15) is 21.7 Å². The van der Waals surface area contributed by atoms with E-state index in [0.717, 1.165) is 10.0 Å². The molecular formula is C14H15BrN4O4. The SMILES string of the molecule is Cc1cc(Br)c2nc(C)c(C(=O)NCC(=O)NCC(=O)O)n2c1. The number of hydrogen-bond acceptors (Lipinski definition) is 4. The Morgan fingerprint density at radius 1 is 1.26 bits per heavy atom. The number of carbonyl (C=O) groups is 3. The first kappa shape index (κ1) is 16.9. The summed E-state index contributed by atoms with van der Waals surface area (Å²) < 4.78 is 2.41. The minimum absolute atomic E-state index is 0.314. The second kappa shape index (κ2) is 6.78. The number of halogens is 1. The summed E-state index contributed by atoms with van der Waals surface area (Å²) in [5, 5.41) is 13.1. The molecule has 23 heavy (non-hydrogen) atoms. The van der Waals surface area contributed by atoms with E-state index in [9.17, 15) is 14.4 Å². The molecule has 2 heterocycles. The van der Waals surface area contributed by atoms with Crippen LogP contribution in [0.3, 0.4) is 0 Å². The molecule has 2 rings (SSSR count). The quantitative estimate of drug-likeness (QED) is 0.702. The Balaban J connectivity index is 2.17. The van der Waals surface area contributed by atoms with Crippen LogP contribution >= 0.6 is 15.9 Å². The molecule has 0 aliphatic heterocycles. The molecule has 122 valence electrons. The summed E-state index contributed by atoms with van der Waals surface area (Å²) in [4.78, 5) is 38.5. The van der Waals surface area contributed by atoms with Crippen LogP contribution in [0, 0.1) is 13.8 Å². The minimum Gasteiger partial charge on any atom is -0.480 e. The smallest absolute Gasteiger partial charge is 0.322 e.